The third kappa shape index (κ3) is 3.90. The van der Waals surface area contributed by atoms with Crippen molar-refractivity contribution in [1.82, 2.24) is 4.31 Å². The van der Waals surface area contributed by atoms with E-state index in [0.29, 0.717) is 13.5 Å². The van der Waals surface area contributed by atoms with Crippen LogP contribution in [-0.4, -0.2) is 62.8 Å². The van der Waals surface area contributed by atoms with E-state index >= 15 is 0 Å². The molecule has 0 aliphatic rings. The highest BCUT2D eigenvalue weighted by Gasteiger charge is 2.85. The summed E-state index contributed by atoms with van der Waals surface area (Å²) in [6.45, 7) is 0.188. The van der Waals surface area contributed by atoms with Gasteiger partial charge in [0.25, 0.3) is 10.0 Å². The molecule has 0 radical (unpaired) electrons. The second-order valence-electron chi connectivity index (χ2n) is 4.60. The molecule has 0 spiro atoms. The maximum Gasteiger partial charge on any atom is 0.460 e. The minimum atomic E-state index is -7.27. The van der Waals surface area contributed by atoms with Gasteiger partial charge in [-0.05, 0) is 6.42 Å². The van der Waals surface area contributed by atoms with Gasteiger partial charge in [-0.25, -0.2) is 8.42 Å². The molecule has 0 amide bonds. The van der Waals surface area contributed by atoms with Crippen LogP contribution < -0.4 is 0 Å². The molecule has 0 saturated carbocycles. The summed E-state index contributed by atoms with van der Waals surface area (Å²) in [5.41, 5.74) is 0. The number of halogens is 9. The zero-order chi connectivity index (χ0) is 19.6. The average molecular weight is 399 g/mol. The molecule has 0 rings (SSSR count). The van der Waals surface area contributed by atoms with Crippen molar-refractivity contribution in [3.63, 3.8) is 0 Å². The Hall–Kier alpha value is -0.760. The minimum Gasteiger partial charge on any atom is -0.380 e. The number of ether oxygens (including phenoxy) is 1. The second kappa shape index (κ2) is 7.23. The van der Waals surface area contributed by atoms with Crippen LogP contribution in [0.25, 0.3) is 0 Å². The molecule has 0 aliphatic heterocycles. The number of hydrogen-bond donors (Lipinski definition) is 0. The smallest absolute Gasteiger partial charge is 0.380 e. The fraction of sp³-hybridized carbons (Fsp3) is 1.00. The van der Waals surface area contributed by atoms with Crippen molar-refractivity contribution < 1.29 is 52.7 Å². The van der Waals surface area contributed by atoms with E-state index in [1.807, 2.05) is 0 Å². The fourth-order valence-electron chi connectivity index (χ4n) is 1.28. The molecule has 0 aromatic heterocycles. The molecule has 24 heavy (non-hydrogen) atoms. The molecule has 14 heteroatoms. The van der Waals surface area contributed by atoms with Gasteiger partial charge >= 0.3 is 23.3 Å². The number of likely N-dealkylation sites (N-methyl/N-ethyl adjacent to an activating group) is 1. The van der Waals surface area contributed by atoms with Gasteiger partial charge in [0, 0.05) is 20.2 Å². The molecule has 0 aromatic rings. The van der Waals surface area contributed by atoms with Crippen LogP contribution in [0.4, 0.5) is 39.5 Å². The lowest BCUT2D eigenvalue weighted by atomic mass is 10.1. The Morgan fingerprint density at radius 3 is 1.71 bits per heavy atom. The Bertz CT molecular complexity index is 518. The SMILES string of the molecule is CCCOCCN(C)S(=O)(=O)C(F)(F)C(F)(F)C(F)(F)C(F)(F)F. The zero-order valence-corrected chi connectivity index (χ0v) is 13.1. The van der Waals surface area contributed by atoms with E-state index in [9.17, 15) is 47.9 Å². The number of nitrogens with zero attached hydrogens (tertiary/aromatic N) is 1. The van der Waals surface area contributed by atoms with Crippen LogP contribution in [0, 0.1) is 0 Å². The van der Waals surface area contributed by atoms with Crippen LogP contribution in [0.1, 0.15) is 13.3 Å². The van der Waals surface area contributed by atoms with Crippen molar-refractivity contribution in [2.24, 2.45) is 0 Å². The van der Waals surface area contributed by atoms with Crippen molar-refractivity contribution >= 4 is 10.0 Å². The zero-order valence-electron chi connectivity index (χ0n) is 12.3. The molecule has 0 bridgehead atoms. The Morgan fingerprint density at radius 2 is 1.33 bits per heavy atom. The summed E-state index contributed by atoms with van der Waals surface area (Å²) in [5.74, 6) is -14.5. The van der Waals surface area contributed by atoms with Gasteiger partial charge in [0.15, 0.2) is 0 Å². The monoisotopic (exact) mass is 399 g/mol. The third-order valence-corrected chi connectivity index (χ3v) is 4.66. The van der Waals surface area contributed by atoms with Crippen LogP contribution in [0.5, 0.6) is 0 Å². The predicted octanol–water partition coefficient (Wildman–Crippen LogP) is 3.10. The maximum atomic E-state index is 13.4. The Labute approximate surface area is 131 Å². The number of hydrogen-bond acceptors (Lipinski definition) is 3. The van der Waals surface area contributed by atoms with Gasteiger partial charge in [0.2, 0.25) is 0 Å². The van der Waals surface area contributed by atoms with Crippen molar-refractivity contribution in [1.29, 1.82) is 0 Å². The van der Waals surface area contributed by atoms with Crippen LogP contribution in [0.3, 0.4) is 0 Å². The largest absolute Gasteiger partial charge is 0.460 e. The minimum absolute atomic E-state index is 0.0621. The molecular formula is C10H14F9NO3S. The summed E-state index contributed by atoms with van der Waals surface area (Å²) in [6.07, 6.45) is -6.64. The molecule has 0 saturated heterocycles. The Balaban J connectivity index is 5.61. The highest BCUT2D eigenvalue weighted by molar-refractivity contribution is 7.90. The summed E-state index contributed by atoms with van der Waals surface area (Å²) in [4.78, 5) is 0. The van der Waals surface area contributed by atoms with E-state index in [-0.39, 0.29) is 6.61 Å². The summed E-state index contributed by atoms with van der Waals surface area (Å²) in [5, 5.41) is -6.71. The maximum absolute atomic E-state index is 13.4. The van der Waals surface area contributed by atoms with Crippen LogP contribution in [-0.2, 0) is 14.8 Å². The van der Waals surface area contributed by atoms with Crippen LogP contribution in [0.15, 0.2) is 0 Å². The molecular weight excluding hydrogens is 385 g/mol. The Morgan fingerprint density at radius 1 is 0.875 bits per heavy atom. The number of alkyl halides is 9. The second-order valence-corrected chi connectivity index (χ2v) is 6.69. The number of sulfonamides is 1. The highest BCUT2D eigenvalue weighted by Crippen LogP contribution is 2.55. The van der Waals surface area contributed by atoms with Gasteiger partial charge < -0.3 is 4.74 Å². The van der Waals surface area contributed by atoms with Gasteiger partial charge in [0.05, 0.1) is 6.61 Å². The topological polar surface area (TPSA) is 46.6 Å². The lowest BCUT2D eigenvalue weighted by Gasteiger charge is -2.34. The summed E-state index contributed by atoms with van der Waals surface area (Å²) >= 11 is 0. The quantitative estimate of drug-likeness (QED) is 0.442. The molecule has 0 unspecified atom stereocenters. The van der Waals surface area contributed by atoms with Crippen molar-refractivity contribution in [2.75, 3.05) is 26.8 Å². The molecule has 0 heterocycles. The molecule has 146 valence electrons. The van der Waals surface area contributed by atoms with E-state index in [0.717, 1.165) is 0 Å². The van der Waals surface area contributed by atoms with E-state index in [2.05, 4.69) is 0 Å². The first kappa shape index (κ1) is 23.2. The molecule has 0 aliphatic carbocycles. The van der Waals surface area contributed by atoms with Crippen molar-refractivity contribution in [3.05, 3.63) is 0 Å². The molecule has 0 atom stereocenters. The standard InChI is InChI=1S/C10H14F9NO3S/c1-3-5-23-6-4-20(2)24(21,22)10(18,19)8(13,14)7(11,12)9(15,16)17/h3-6H2,1-2H3. The fourth-order valence-corrected chi connectivity index (χ4v) is 2.44. The summed E-state index contributed by atoms with van der Waals surface area (Å²) < 4.78 is 141. The van der Waals surface area contributed by atoms with Crippen LogP contribution in [0.2, 0.25) is 0 Å². The van der Waals surface area contributed by atoms with Gasteiger partial charge in [0.1, 0.15) is 0 Å². The van der Waals surface area contributed by atoms with E-state index in [1.54, 1.807) is 6.92 Å². The van der Waals surface area contributed by atoms with Gasteiger partial charge in [-0.2, -0.15) is 43.8 Å². The molecule has 0 fully saturated rings. The van der Waals surface area contributed by atoms with Crippen LogP contribution >= 0.6 is 0 Å². The molecule has 0 N–H and O–H groups in total. The van der Waals surface area contributed by atoms with E-state index in [4.69, 9.17) is 4.74 Å². The third-order valence-electron chi connectivity index (χ3n) is 2.75. The van der Waals surface area contributed by atoms with Gasteiger partial charge in [-0.3, -0.25) is 0 Å². The van der Waals surface area contributed by atoms with Gasteiger partial charge in [-0.1, -0.05) is 6.92 Å². The first-order valence-corrected chi connectivity index (χ1v) is 7.66. The first-order valence-electron chi connectivity index (χ1n) is 6.22. The lowest BCUT2D eigenvalue weighted by molar-refractivity contribution is -0.382. The average Bonchev–Trinajstić information content (AvgIpc) is 2.41. The van der Waals surface area contributed by atoms with Crippen molar-refractivity contribution in [3.8, 4) is 0 Å². The first-order chi connectivity index (χ1) is 10.5. The summed E-state index contributed by atoms with van der Waals surface area (Å²) in [6, 6.07) is 0. The van der Waals surface area contributed by atoms with Crippen molar-refractivity contribution in [2.45, 2.75) is 36.6 Å². The van der Waals surface area contributed by atoms with Gasteiger partial charge in [-0.15, -0.1) is 0 Å². The number of rotatable bonds is 9. The van der Waals surface area contributed by atoms with E-state index in [1.165, 1.54) is 0 Å². The molecule has 0 aromatic carbocycles. The Kier molecular flexibility index (Phi) is 7.01. The molecule has 4 nitrogen and oxygen atoms in total. The highest BCUT2D eigenvalue weighted by atomic mass is 32.2. The summed E-state index contributed by atoms with van der Waals surface area (Å²) in [7, 11) is -6.22. The van der Waals surface area contributed by atoms with E-state index < -0.39 is 50.8 Å². The lowest BCUT2D eigenvalue weighted by Crippen LogP contribution is -2.65. The normalized spacial score (nSPS) is 15.2. The predicted molar refractivity (Wildman–Crippen MR) is 63.6 cm³/mol.